The molecule has 0 aromatic rings. The van der Waals surface area contributed by atoms with Crippen LogP contribution in [0.5, 0.6) is 0 Å². The predicted octanol–water partition coefficient (Wildman–Crippen LogP) is 2.97. The molecule has 0 spiro atoms. The van der Waals surface area contributed by atoms with Gasteiger partial charge in [0.2, 0.25) is 0 Å². The van der Waals surface area contributed by atoms with Crippen molar-refractivity contribution in [2.24, 2.45) is 5.92 Å². The van der Waals surface area contributed by atoms with E-state index >= 15 is 0 Å². The third-order valence-corrected chi connectivity index (χ3v) is 2.06. The van der Waals surface area contributed by atoms with Crippen molar-refractivity contribution < 1.29 is 5.11 Å². The lowest BCUT2D eigenvalue weighted by molar-refractivity contribution is 0.0502. The van der Waals surface area contributed by atoms with Gasteiger partial charge in [-0.05, 0) is 26.2 Å². The first kappa shape index (κ1) is 11.0. The van der Waals surface area contributed by atoms with E-state index < -0.39 is 5.60 Å². The second-order valence-corrected chi connectivity index (χ2v) is 4.08. The maximum Gasteiger partial charge on any atom is 0.0594 e. The third kappa shape index (κ3) is 6.36. The summed E-state index contributed by atoms with van der Waals surface area (Å²) in [6.45, 7) is 8.19. The highest BCUT2D eigenvalue weighted by molar-refractivity contribution is 4.70. The highest BCUT2D eigenvalue weighted by Gasteiger charge is 2.17. The van der Waals surface area contributed by atoms with Crippen molar-refractivity contribution in [1.82, 2.24) is 0 Å². The van der Waals surface area contributed by atoms with Crippen molar-refractivity contribution in [2.45, 2.75) is 59.0 Å². The molecule has 1 heteroatoms. The van der Waals surface area contributed by atoms with Gasteiger partial charge in [-0.15, -0.1) is 0 Å². The minimum atomic E-state index is -0.476. The summed E-state index contributed by atoms with van der Waals surface area (Å²) < 4.78 is 0. The van der Waals surface area contributed by atoms with Gasteiger partial charge in [0.25, 0.3) is 0 Å². The molecule has 0 saturated heterocycles. The zero-order valence-corrected chi connectivity index (χ0v) is 8.35. The molecule has 1 atom stereocenters. The van der Waals surface area contributed by atoms with Crippen LogP contribution in [-0.4, -0.2) is 10.7 Å². The van der Waals surface area contributed by atoms with Crippen LogP contribution >= 0.6 is 0 Å². The Bertz CT molecular complexity index is 91.5. The first-order valence-corrected chi connectivity index (χ1v) is 4.72. The summed E-state index contributed by atoms with van der Waals surface area (Å²) in [6.07, 6.45) is 4.62. The first-order valence-electron chi connectivity index (χ1n) is 4.72. The van der Waals surface area contributed by atoms with Gasteiger partial charge in [0, 0.05) is 0 Å². The Kier molecular flexibility index (Phi) is 4.74. The Morgan fingerprint density at radius 1 is 1.27 bits per heavy atom. The van der Waals surface area contributed by atoms with Gasteiger partial charge in [-0.2, -0.15) is 0 Å². The molecule has 0 fully saturated rings. The quantitative estimate of drug-likeness (QED) is 0.652. The van der Waals surface area contributed by atoms with E-state index in [2.05, 4.69) is 13.8 Å². The van der Waals surface area contributed by atoms with E-state index in [4.69, 9.17) is 0 Å². The van der Waals surface area contributed by atoms with Crippen LogP contribution in [0.25, 0.3) is 0 Å². The fourth-order valence-electron chi connectivity index (χ4n) is 1.57. The lowest BCUT2D eigenvalue weighted by atomic mass is 9.88. The summed E-state index contributed by atoms with van der Waals surface area (Å²) in [5.41, 5.74) is -0.476. The van der Waals surface area contributed by atoms with Crippen LogP contribution in [0.3, 0.4) is 0 Å². The molecule has 0 heterocycles. The summed E-state index contributed by atoms with van der Waals surface area (Å²) in [5.74, 6) is 0.708. The number of aliphatic hydroxyl groups is 1. The largest absolute Gasteiger partial charge is 0.390 e. The van der Waals surface area contributed by atoms with Gasteiger partial charge in [-0.1, -0.05) is 33.1 Å². The molecule has 1 unspecified atom stereocenters. The van der Waals surface area contributed by atoms with Crippen LogP contribution in [0.15, 0.2) is 0 Å². The minimum absolute atomic E-state index is 0.476. The standard InChI is InChI=1S/C10H22O/c1-5-7-9(6-2)8-10(3,4)11/h9,11H,5-8H2,1-4H3. The summed E-state index contributed by atoms with van der Waals surface area (Å²) in [5, 5.41) is 9.55. The molecule has 0 aromatic heterocycles. The molecule has 0 aromatic carbocycles. The van der Waals surface area contributed by atoms with Crippen LogP contribution in [-0.2, 0) is 0 Å². The molecular formula is C10H22O. The molecule has 0 aliphatic carbocycles. The highest BCUT2D eigenvalue weighted by atomic mass is 16.3. The number of hydrogen-bond acceptors (Lipinski definition) is 1. The Morgan fingerprint density at radius 3 is 2.09 bits per heavy atom. The second kappa shape index (κ2) is 4.76. The van der Waals surface area contributed by atoms with Crippen LogP contribution in [0.4, 0.5) is 0 Å². The maximum atomic E-state index is 9.55. The van der Waals surface area contributed by atoms with Crippen molar-refractivity contribution in [3.05, 3.63) is 0 Å². The number of hydrogen-bond donors (Lipinski definition) is 1. The first-order chi connectivity index (χ1) is 4.99. The lowest BCUT2D eigenvalue weighted by Gasteiger charge is -2.23. The molecule has 0 radical (unpaired) electrons. The molecule has 0 aliphatic rings. The fraction of sp³-hybridized carbons (Fsp3) is 1.00. The van der Waals surface area contributed by atoms with Crippen molar-refractivity contribution in [3.63, 3.8) is 0 Å². The van der Waals surface area contributed by atoms with Crippen LogP contribution in [0, 0.1) is 5.92 Å². The Balaban J connectivity index is 3.68. The van der Waals surface area contributed by atoms with Gasteiger partial charge in [0.05, 0.1) is 5.60 Å². The molecule has 1 N–H and O–H groups in total. The molecule has 68 valence electrons. The lowest BCUT2D eigenvalue weighted by Crippen LogP contribution is -2.22. The highest BCUT2D eigenvalue weighted by Crippen LogP contribution is 2.22. The van der Waals surface area contributed by atoms with Gasteiger partial charge in [-0.25, -0.2) is 0 Å². The summed E-state index contributed by atoms with van der Waals surface area (Å²) in [7, 11) is 0. The Morgan fingerprint density at radius 2 is 1.82 bits per heavy atom. The van der Waals surface area contributed by atoms with E-state index in [-0.39, 0.29) is 0 Å². The molecule has 0 rings (SSSR count). The van der Waals surface area contributed by atoms with Crippen molar-refractivity contribution in [3.8, 4) is 0 Å². The van der Waals surface area contributed by atoms with Crippen molar-refractivity contribution in [1.29, 1.82) is 0 Å². The smallest absolute Gasteiger partial charge is 0.0594 e. The van der Waals surface area contributed by atoms with Gasteiger partial charge in [0.1, 0.15) is 0 Å². The van der Waals surface area contributed by atoms with Gasteiger partial charge in [-0.3, -0.25) is 0 Å². The SMILES string of the molecule is CCCC(CC)CC(C)(C)O. The van der Waals surface area contributed by atoms with E-state index in [9.17, 15) is 5.11 Å². The monoisotopic (exact) mass is 158 g/mol. The summed E-state index contributed by atoms with van der Waals surface area (Å²) >= 11 is 0. The second-order valence-electron chi connectivity index (χ2n) is 4.08. The third-order valence-electron chi connectivity index (χ3n) is 2.06. The summed E-state index contributed by atoms with van der Waals surface area (Å²) in [4.78, 5) is 0. The average Bonchev–Trinajstić information content (AvgIpc) is 1.84. The maximum absolute atomic E-state index is 9.55. The zero-order valence-electron chi connectivity index (χ0n) is 8.35. The molecule has 11 heavy (non-hydrogen) atoms. The van der Waals surface area contributed by atoms with Crippen molar-refractivity contribution in [2.75, 3.05) is 0 Å². The summed E-state index contributed by atoms with van der Waals surface area (Å²) in [6, 6.07) is 0. The normalized spacial score (nSPS) is 15.0. The molecule has 0 aliphatic heterocycles. The van der Waals surface area contributed by atoms with Crippen molar-refractivity contribution >= 4 is 0 Å². The molecule has 1 nitrogen and oxygen atoms in total. The van der Waals surface area contributed by atoms with Crippen LogP contribution in [0.1, 0.15) is 53.4 Å². The molecule has 0 saturated carbocycles. The predicted molar refractivity (Wildman–Crippen MR) is 49.6 cm³/mol. The fourth-order valence-corrected chi connectivity index (χ4v) is 1.57. The van der Waals surface area contributed by atoms with Gasteiger partial charge < -0.3 is 5.11 Å². The Hall–Kier alpha value is -0.0400. The zero-order chi connectivity index (χ0) is 8.91. The molecule has 0 amide bonds. The topological polar surface area (TPSA) is 20.2 Å². The van der Waals surface area contributed by atoms with Crippen LogP contribution < -0.4 is 0 Å². The number of rotatable bonds is 5. The van der Waals surface area contributed by atoms with E-state index in [1.807, 2.05) is 13.8 Å². The van der Waals surface area contributed by atoms with Gasteiger partial charge >= 0.3 is 0 Å². The minimum Gasteiger partial charge on any atom is -0.390 e. The van der Waals surface area contributed by atoms with E-state index in [0.717, 1.165) is 6.42 Å². The Labute approximate surface area is 70.8 Å². The van der Waals surface area contributed by atoms with Crippen LogP contribution in [0.2, 0.25) is 0 Å². The van der Waals surface area contributed by atoms with E-state index in [1.165, 1.54) is 19.3 Å². The van der Waals surface area contributed by atoms with E-state index in [1.54, 1.807) is 0 Å². The molecule has 0 bridgehead atoms. The van der Waals surface area contributed by atoms with Gasteiger partial charge in [0.15, 0.2) is 0 Å². The average molecular weight is 158 g/mol. The molecular weight excluding hydrogens is 136 g/mol. The van der Waals surface area contributed by atoms with E-state index in [0.29, 0.717) is 5.92 Å².